The van der Waals surface area contributed by atoms with Crippen LogP contribution in [0.3, 0.4) is 0 Å². The van der Waals surface area contributed by atoms with E-state index in [0.29, 0.717) is 19.8 Å². The van der Waals surface area contributed by atoms with E-state index in [1.165, 1.54) is 4.90 Å². The standard InChI is InChI=1S/C6H15NO4/c8-2-4-11-3-1-7(5-9)6-10/h8-10H,1-6H2. The predicted molar refractivity (Wildman–Crippen MR) is 38.8 cm³/mol. The van der Waals surface area contributed by atoms with Gasteiger partial charge in [0.2, 0.25) is 0 Å². The van der Waals surface area contributed by atoms with E-state index in [2.05, 4.69) is 0 Å². The summed E-state index contributed by atoms with van der Waals surface area (Å²) in [7, 11) is 0. The summed E-state index contributed by atoms with van der Waals surface area (Å²) in [5, 5.41) is 25.4. The van der Waals surface area contributed by atoms with Gasteiger partial charge in [0.1, 0.15) is 0 Å². The Labute approximate surface area is 65.8 Å². The van der Waals surface area contributed by atoms with Crippen LogP contribution in [0.5, 0.6) is 0 Å². The summed E-state index contributed by atoms with van der Waals surface area (Å²) in [6.07, 6.45) is 0. The first-order valence-electron chi connectivity index (χ1n) is 3.47. The zero-order valence-electron chi connectivity index (χ0n) is 6.44. The molecule has 11 heavy (non-hydrogen) atoms. The van der Waals surface area contributed by atoms with Crippen molar-refractivity contribution in [1.29, 1.82) is 0 Å². The molecular weight excluding hydrogens is 150 g/mol. The summed E-state index contributed by atoms with van der Waals surface area (Å²) in [4.78, 5) is 1.40. The first kappa shape index (κ1) is 10.8. The molecule has 0 aliphatic rings. The number of nitrogens with zero attached hydrogens (tertiary/aromatic N) is 1. The Balaban J connectivity index is 3.07. The lowest BCUT2D eigenvalue weighted by Gasteiger charge is -2.15. The molecule has 5 nitrogen and oxygen atoms in total. The molecule has 0 amide bonds. The topological polar surface area (TPSA) is 73.2 Å². The van der Waals surface area contributed by atoms with Crippen LogP contribution in [0.15, 0.2) is 0 Å². The van der Waals surface area contributed by atoms with Gasteiger partial charge in [0.25, 0.3) is 0 Å². The van der Waals surface area contributed by atoms with E-state index >= 15 is 0 Å². The van der Waals surface area contributed by atoms with Crippen molar-refractivity contribution in [3.8, 4) is 0 Å². The second-order valence-electron chi connectivity index (χ2n) is 2.01. The number of hydrogen-bond donors (Lipinski definition) is 3. The molecule has 0 rings (SSSR count). The zero-order valence-corrected chi connectivity index (χ0v) is 6.44. The second kappa shape index (κ2) is 7.90. The maximum absolute atomic E-state index is 8.54. The fourth-order valence-corrected chi connectivity index (χ4v) is 0.546. The van der Waals surface area contributed by atoms with Gasteiger partial charge in [-0.25, -0.2) is 0 Å². The summed E-state index contributed by atoms with van der Waals surface area (Å²) in [5.41, 5.74) is 0. The fraction of sp³-hybridized carbons (Fsp3) is 1.00. The van der Waals surface area contributed by atoms with E-state index < -0.39 is 0 Å². The molecule has 68 valence electrons. The Morgan fingerprint density at radius 3 is 2.09 bits per heavy atom. The third-order valence-corrected chi connectivity index (χ3v) is 1.19. The summed E-state index contributed by atoms with van der Waals surface area (Å²) >= 11 is 0. The van der Waals surface area contributed by atoms with Crippen molar-refractivity contribution in [2.45, 2.75) is 0 Å². The van der Waals surface area contributed by atoms with Crippen LogP contribution in [-0.4, -0.2) is 60.0 Å². The highest BCUT2D eigenvalue weighted by atomic mass is 16.5. The minimum absolute atomic E-state index is 0.00174. The third kappa shape index (κ3) is 6.21. The Morgan fingerprint density at radius 2 is 1.64 bits per heavy atom. The second-order valence-corrected chi connectivity index (χ2v) is 2.01. The lowest BCUT2D eigenvalue weighted by Crippen LogP contribution is -2.29. The lowest BCUT2D eigenvalue weighted by atomic mass is 10.6. The smallest absolute Gasteiger partial charge is 0.0975 e. The first-order valence-corrected chi connectivity index (χ1v) is 3.47. The monoisotopic (exact) mass is 165 g/mol. The molecule has 0 aromatic heterocycles. The molecule has 3 N–H and O–H groups in total. The molecule has 0 aliphatic carbocycles. The molecule has 0 fully saturated rings. The van der Waals surface area contributed by atoms with Crippen molar-refractivity contribution >= 4 is 0 Å². The minimum atomic E-state index is -0.182. The molecule has 0 saturated carbocycles. The molecule has 0 spiro atoms. The van der Waals surface area contributed by atoms with Crippen LogP contribution in [0.25, 0.3) is 0 Å². The highest BCUT2D eigenvalue weighted by molar-refractivity contribution is 4.43. The summed E-state index contributed by atoms with van der Waals surface area (Å²) in [5.74, 6) is 0. The van der Waals surface area contributed by atoms with E-state index in [-0.39, 0.29) is 20.1 Å². The van der Waals surface area contributed by atoms with Crippen molar-refractivity contribution in [2.24, 2.45) is 0 Å². The normalized spacial score (nSPS) is 10.9. The van der Waals surface area contributed by atoms with Gasteiger partial charge in [0.05, 0.1) is 33.3 Å². The van der Waals surface area contributed by atoms with E-state index in [9.17, 15) is 0 Å². The quantitative estimate of drug-likeness (QED) is 0.306. The van der Waals surface area contributed by atoms with Crippen molar-refractivity contribution in [2.75, 3.05) is 39.8 Å². The van der Waals surface area contributed by atoms with Gasteiger partial charge in [0, 0.05) is 6.54 Å². The van der Waals surface area contributed by atoms with Crippen molar-refractivity contribution in [3.05, 3.63) is 0 Å². The van der Waals surface area contributed by atoms with Gasteiger partial charge < -0.3 is 20.1 Å². The average molecular weight is 165 g/mol. The molecule has 0 saturated heterocycles. The van der Waals surface area contributed by atoms with Crippen LogP contribution in [0.4, 0.5) is 0 Å². The average Bonchev–Trinajstić information content (AvgIpc) is 2.05. The highest BCUT2D eigenvalue weighted by Crippen LogP contribution is 1.83. The molecule has 0 bridgehead atoms. The molecule has 0 radical (unpaired) electrons. The Morgan fingerprint density at radius 1 is 1.00 bits per heavy atom. The number of rotatable bonds is 7. The van der Waals surface area contributed by atoms with Crippen LogP contribution in [0.2, 0.25) is 0 Å². The fourth-order valence-electron chi connectivity index (χ4n) is 0.546. The van der Waals surface area contributed by atoms with E-state index in [1.54, 1.807) is 0 Å². The van der Waals surface area contributed by atoms with Crippen molar-refractivity contribution < 1.29 is 20.1 Å². The van der Waals surface area contributed by atoms with Crippen LogP contribution in [0.1, 0.15) is 0 Å². The van der Waals surface area contributed by atoms with E-state index in [0.717, 1.165) is 0 Å². The van der Waals surface area contributed by atoms with Gasteiger partial charge in [-0.2, -0.15) is 0 Å². The third-order valence-electron chi connectivity index (χ3n) is 1.19. The van der Waals surface area contributed by atoms with Gasteiger partial charge in [-0.15, -0.1) is 0 Å². The van der Waals surface area contributed by atoms with Crippen LogP contribution < -0.4 is 0 Å². The lowest BCUT2D eigenvalue weighted by molar-refractivity contribution is 0.000958. The molecule has 0 aromatic carbocycles. The number of ether oxygens (including phenoxy) is 1. The molecule has 0 aromatic rings. The maximum atomic E-state index is 8.54. The predicted octanol–water partition coefficient (Wildman–Crippen LogP) is -1.80. The van der Waals surface area contributed by atoms with Gasteiger partial charge >= 0.3 is 0 Å². The van der Waals surface area contributed by atoms with Crippen LogP contribution >= 0.6 is 0 Å². The Kier molecular flexibility index (Phi) is 7.76. The summed E-state index contributed by atoms with van der Waals surface area (Å²) in [6.45, 7) is 0.801. The van der Waals surface area contributed by atoms with Crippen LogP contribution in [0, 0.1) is 0 Å². The summed E-state index contributed by atoms with van der Waals surface area (Å²) < 4.78 is 4.90. The van der Waals surface area contributed by atoms with E-state index in [4.69, 9.17) is 20.1 Å². The summed E-state index contributed by atoms with van der Waals surface area (Å²) in [6, 6.07) is 0. The van der Waals surface area contributed by atoms with E-state index in [1.807, 2.05) is 0 Å². The van der Waals surface area contributed by atoms with Gasteiger partial charge in [0.15, 0.2) is 0 Å². The molecule has 0 unspecified atom stereocenters. The van der Waals surface area contributed by atoms with Crippen molar-refractivity contribution in [3.63, 3.8) is 0 Å². The number of hydrogen-bond acceptors (Lipinski definition) is 5. The Hall–Kier alpha value is -0.200. The van der Waals surface area contributed by atoms with Gasteiger partial charge in [-0.05, 0) is 0 Å². The van der Waals surface area contributed by atoms with Crippen molar-refractivity contribution in [1.82, 2.24) is 4.90 Å². The molecule has 0 aliphatic heterocycles. The molecular formula is C6H15NO4. The molecule has 5 heteroatoms. The van der Waals surface area contributed by atoms with Gasteiger partial charge in [-0.1, -0.05) is 0 Å². The zero-order chi connectivity index (χ0) is 8.53. The minimum Gasteiger partial charge on any atom is -0.394 e. The SMILES string of the molecule is OCCOCCN(CO)CO. The first-order chi connectivity index (χ1) is 5.35. The highest BCUT2D eigenvalue weighted by Gasteiger charge is 1.98. The molecule has 0 heterocycles. The van der Waals surface area contributed by atoms with Crippen LogP contribution in [-0.2, 0) is 4.74 Å². The Bertz CT molecular complexity index is 77.0. The largest absolute Gasteiger partial charge is 0.394 e. The number of aliphatic hydroxyl groups excluding tert-OH is 3. The van der Waals surface area contributed by atoms with Gasteiger partial charge in [-0.3, -0.25) is 4.90 Å². The maximum Gasteiger partial charge on any atom is 0.0975 e. The molecule has 0 atom stereocenters. The number of aliphatic hydroxyl groups is 3.